The van der Waals surface area contributed by atoms with E-state index in [0.29, 0.717) is 5.92 Å². The van der Waals surface area contributed by atoms with Crippen molar-refractivity contribution in [3.05, 3.63) is 98.9 Å². The first-order valence-electron chi connectivity index (χ1n) is 11.2. The molecule has 2 bridgehead atoms. The molecule has 0 spiro atoms. The highest BCUT2D eigenvalue weighted by molar-refractivity contribution is 9.10. The third-order valence-corrected chi connectivity index (χ3v) is 8.67. The quantitative estimate of drug-likeness (QED) is 0.436. The second-order valence-corrected chi connectivity index (χ2v) is 11.4. The van der Waals surface area contributed by atoms with Gasteiger partial charge < -0.3 is 14.8 Å². The van der Waals surface area contributed by atoms with Gasteiger partial charge in [-0.25, -0.2) is 0 Å². The first-order valence-corrected chi connectivity index (χ1v) is 13.3. The molecule has 1 aromatic heterocycles. The molecule has 0 saturated carbocycles. The molecule has 2 aromatic carbocycles. The number of benzene rings is 2. The molecule has 3 unspecified atom stereocenters. The van der Waals surface area contributed by atoms with Crippen LogP contribution in [-0.2, 0) is 11.3 Å². The molecule has 2 aliphatic rings. The van der Waals surface area contributed by atoms with Gasteiger partial charge in [0.05, 0.1) is 0 Å². The summed E-state index contributed by atoms with van der Waals surface area (Å²) in [6.45, 7) is 2.29. The number of thioether (sulfide) groups is 1. The number of rotatable bonds is 4. The molecule has 5 rings (SSSR count). The molecule has 3 heterocycles. The minimum absolute atomic E-state index is 0.0753. The average molecular weight is 555 g/mol. The van der Waals surface area contributed by atoms with Gasteiger partial charge in [-0.2, -0.15) is 0 Å². The number of fused-ring (bicyclic) bond motifs is 4. The maximum atomic E-state index is 13.4. The van der Waals surface area contributed by atoms with Gasteiger partial charge in [-0.15, -0.1) is 0 Å². The highest BCUT2D eigenvalue weighted by Gasteiger charge is 2.36. The minimum atomic E-state index is -0.464. The predicted molar refractivity (Wildman–Crippen MR) is 145 cm³/mol. The number of pyridine rings is 1. The number of halogens is 1. The lowest BCUT2D eigenvalue weighted by atomic mass is 9.83. The Balaban J connectivity index is 1.34. The van der Waals surface area contributed by atoms with Crippen LogP contribution in [0.2, 0.25) is 0 Å². The Kier molecular flexibility index (Phi) is 6.90. The van der Waals surface area contributed by atoms with Crippen LogP contribution in [0.4, 0.5) is 5.69 Å². The molecule has 174 valence electrons. The van der Waals surface area contributed by atoms with Crippen molar-refractivity contribution < 1.29 is 4.79 Å². The molecule has 1 saturated heterocycles. The maximum Gasteiger partial charge on any atom is 0.250 e. The van der Waals surface area contributed by atoms with Gasteiger partial charge in [-0.05, 0) is 48.2 Å². The molecule has 34 heavy (non-hydrogen) atoms. The van der Waals surface area contributed by atoms with Gasteiger partial charge in [0, 0.05) is 47.5 Å². The van der Waals surface area contributed by atoms with Crippen molar-refractivity contribution in [1.82, 2.24) is 9.47 Å². The fraction of sp³-hybridized carbons (Fsp3) is 0.269. The summed E-state index contributed by atoms with van der Waals surface area (Å²) in [5, 5.41) is 2.57. The Hall–Kier alpha value is -2.42. The van der Waals surface area contributed by atoms with Crippen LogP contribution in [0.15, 0.2) is 82.1 Å². The molecular weight excluding hydrogens is 530 g/mol. The number of thiocarbonyl (C=S) groups is 1. The SMILES string of the molecule is O=C(Nc1ccc(Br)cc1)C(SC(=S)N1CC2CC(C1)c1cccc(=O)n1C2)c1ccccc1. The monoisotopic (exact) mass is 553 g/mol. The van der Waals surface area contributed by atoms with E-state index in [1.807, 2.05) is 65.2 Å². The number of hydrogen-bond donors (Lipinski definition) is 1. The molecule has 3 aromatic rings. The van der Waals surface area contributed by atoms with Crippen LogP contribution in [-0.4, -0.2) is 32.8 Å². The number of carbonyl (C=O) groups excluding carboxylic acids is 1. The molecule has 0 aliphatic carbocycles. The zero-order valence-corrected chi connectivity index (χ0v) is 21.6. The molecular formula is C26H24BrN3O2S2. The second kappa shape index (κ2) is 10.1. The number of nitrogens with zero attached hydrogens (tertiary/aromatic N) is 2. The molecule has 1 N–H and O–H groups in total. The Morgan fingerprint density at radius 1 is 1.00 bits per heavy atom. The van der Waals surface area contributed by atoms with Gasteiger partial charge in [-0.1, -0.05) is 76.3 Å². The first-order chi connectivity index (χ1) is 16.5. The first kappa shape index (κ1) is 23.3. The number of anilines is 1. The molecule has 1 amide bonds. The molecule has 8 heteroatoms. The van der Waals surface area contributed by atoms with Crippen molar-refractivity contribution in [2.45, 2.75) is 24.1 Å². The lowest BCUT2D eigenvalue weighted by Gasteiger charge is -2.43. The number of amides is 1. The van der Waals surface area contributed by atoms with Crippen LogP contribution in [0.3, 0.4) is 0 Å². The zero-order chi connectivity index (χ0) is 23.7. The van der Waals surface area contributed by atoms with Gasteiger partial charge in [0.1, 0.15) is 9.57 Å². The van der Waals surface area contributed by atoms with Crippen molar-refractivity contribution in [3.8, 4) is 0 Å². The predicted octanol–water partition coefficient (Wildman–Crippen LogP) is 5.43. The summed E-state index contributed by atoms with van der Waals surface area (Å²) in [5.74, 6) is 0.540. The van der Waals surface area contributed by atoms with Gasteiger partial charge in [-0.3, -0.25) is 9.59 Å². The minimum Gasteiger partial charge on any atom is -0.356 e. The van der Waals surface area contributed by atoms with Crippen LogP contribution in [0.25, 0.3) is 0 Å². The normalized spacial score (nSPS) is 19.7. The van der Waals surface area contributed by atoms with Crippen molar-refractivity contribution in [2.75, 3.05) is 18.4 Å². The van der Waals surface area contributed by atoms with E-state index in [2.05, 4.69) is 32.2 Å². The molecule has 1 fully saturated rings. The lowest BCUT2D eigenvalue weighted by Crippen LogP contribution is -2.48. The van der Waals surface area contributed by atoms with Crippen molar-refractivity contribution >= 4 is 55.8 Å². The van der Waals surface area contributed by atoms with E-state index in [9.17, 15) is 9.59 Å². The summed E-state index contributed by atoms with van der Waals surface area (Å²) < 4.78 is 3.60. The molecule has 2 aliphatic heterocycles. The second-order valence-electron chi connectivity index (χ2n) is 8.77. The number of hydrogen-bond acceptors (Lipinski definition) is 4. The number of nitrogens with one attached hydrogen (secondary N) is 1. The Morgan fingerprint density at radius 3 is 2.53 bits per heavy atom. The van der Waals surface area contributed by atoms with Gasteiger partial charge >= 0.3 is 0 Å². The van der Waals surface area contributed by atoms with Crippen LogP contribution < -0.4 is 10.9 Å². The number of carbonyl (C=O) groups is 1. The smallest absolute Gasteiger partial charge is 0.250 e. The van der Waals surface area contributed by atoms with Crippen molar-refractivity contribution in [1.29, 1.82) is 0 Å². The zero-order valence-electron chi connectivity index (χ0n) is 18.4. The summed E-state index contributed by atoms with van der Waals surface area (Å²) in [4.78, 5) is 27.9. The third kappa shape index (κ3) is 4.99. The summed E-state index contributed by atoms with van der Waals surface area (Å²) in [6.07, 6.45) is 1.07. The van der Waals surface area contributed by atoms with Gasteiger partial charge in [0.15, 0.2) is 0 Å². The van der Waals surface area contributed by atoms with E-state index in [1.54, 1.807) is 6.07 Å². The highest BCUT2D eigenvalue weighted by atomic mass is 79.9. The summed E-state index contributed by atoms with van der Waals surface area (Å²) in [6, 6.07) is 22.9. The fourth-order valence-corrected chi connectivity index (χ4v) is 6.52. The number of piperidine rings is 1. The van der Waals surface area contributed by atoms with Crippen LogP contribution in [0.1, 0.15) is 28.8 Å². The van der Waals surface area contributed by atoms with E-state index in [4.69, 9.17) is 12.2 Å². The summed E-state index contributed by atoms with van der Waals surface area (Å²) in [7, 11) is 0. The van der Waals surface area contributed by atoms with E-state index >= 15 is 0 Å². The number of aromatic nitrogens is 1. The van der Waals surface area contributed by atoms with Crippen LogP contribution in [0.5, 0.6) is 0 Å². The van der Waals surface area contributed by atoms with Crippen LogP contribution in [0, 0.1) is 5.92 Å². The summed E-state index contributed by atoms with van der Waals surface area (Å²) >= 11 is 10.7. The van der Waals surface area contributed by atoms with E-state index in [1.165, 1.54) is 11.8 Å². The van der Waals surface area contributed by atoms with Crippen molar-refractivity contribution in [2.24, 2.45) is 5.92 Å². The third-order valence-electron chi connectivity index (χ3n) is 6.41. The van der Waals surface area contributed by atoms with E-state index in [0.717, 1.165) is 51.8 Å². The average Bonchev–Trinajstić information content (AvgIpc) is 2.85. The van der Waals surface area contributed by atoms with Gasteiger partial charge in [0.25, 0.3) is 5.56 Å². The highest BCUT2D eigenvalue weighted by Crippen LogP contribution is 2.39. The largest absolute Gasteiger partial charge is 0.356 e. The lowest BCUT2D eigenvalue weighted by molar-refractivity contribution is -0.115. The Bertz CT molecular complexity index is 1260. The fourth-order valence-electron chi connectivity index (χ4n) is 4.86. The number of likely N-dealkylation sites (tertiary alicyclic amines) is 1. The Labute approximate surface area is 216 Å². The van der Waals surface area contributed by atoms with Crippen LogP contribution >= 0.6 is 39.9 Å². The summed E-state index contributed by atoms with van der Waals surface area (Å²) in [5.41, 5.74) is 2.83. The maximum absolute atomic E-state index is 13.4. The molecule has 5 nitrogen and oxygen atoms in total. The van der Waals surface area contributed by atoms with Gasteiger partial charge in [0.2, 0.25) is 5.91 Å². The topological polar surface area (TPSA) is 54.3 Å². The standard InChI is InChI=1S/C26H24BrN3O2S2/c27-20-9-11-21(12-10-20)28-25(32)24(18-5-2-1-3-6-18)34-26(33)29-14-17-13-19(16-29)22-7-4-8-23(31)30(22)15-17/h1-12,17,19,24H,13-16H2,(H,28,32). The molecule has 3 atom stereocenters. The molecule has 0 radical (unpaired) electrons. The van der Waals surface area contributed by atoms with E-state index < -0.39 is 5.25 Å². The van der Waals surface area contributed by atoms with E-state index in [-0.39, 0.29) is 17.4 Å². The van der Waals surface area contributed by atoms with Crippen molar-refractivity contribution in [3.63, 3.8) is 0 Å². The Morgan fingerprint density at radius 2 is 1.76 bits per heavy atom.